The largest absolute Gasteiger partial charge is 0.469 e. The minimum atomic E-state index is -0.359. The van der Waals surface area contributed by atoms with Crippen LogP contribution in [0.1, 0.15) is 16.8 Å². The molecule has 0 fully saturated rings. The third kappa shape index (κ3) is 6.51. The molecule has 0 aliphatic heterocycles. The molecule has 29 heavy (non-hydrogen) atoms. The number of benzene rings is 2. The van der Waals surface area contributed by atoms with Crippen LogP contribution in [-0.2, 0) is 9.53 Å². The first-order valence-corrected chi connectivity index (χ1v) is 11.8. The van der Waals surface area contributed by atoms with Crippen LogP contribution >= 0.6 is 67.8 Å². The molecule has 0 saturated carbocycles. The second-order valence-corrected chi connectivity index (χ2v) is 9.61. The summed E-state index contributed by atoms with van der Waals surface area (Å²) >= 11 is 6.58. The molecule has 0 aliphatic carbocycles. The topological polar surface area (TPSA) is 62.2 Å². The van der Waals surface area contributed by atoms with E-state index in [-0.39, 0.29) is 24.8 Å². The number of rotatable bonds is 7. The fraction of sp³-hybridized carbons (Fsp3) is 0.250. The summed E-state index contributed by atoms with van der Waals surface area (Å²) in [5, 5.41) is 0. The molecule has 6 nitrogen and oxygen atoms in total. The average molecular weight is 731 g/mol. The van der Waals surface area contributed by atoms with Crippen LogP contribution in [0.25, 0.3) is 0 Å². The molecule has 9 heteroatoms. The van der Waals surface area contributed by atoms with E-state index in [1.807, 2.05) is 55.4 Å². The Morgan fingerprint density at radius 2 is 1.76 bits per heavy atom. The minimum Gasteiger partial charge on any atom is -0.469 e. The van der Waals surface area contributed by atoms with Gasteiger partial charge in [-0.05, 0) is 86.0 Å². The Morgan fingerprint density at radius 1 is 1.10 bits per heavy atom. The zero-order valence-electron chi connectivity index (χ0n) is 16.2. The Hall–Kier alpha value is -0.960. The Morgan fingerprint density at radius 3 is 2.34 bits per heavy atom. The molecule has 154 valence electrons. The molecule has 0 heterocycles. The monoisotopic (exact) mass is 731 g/mol. The van der Waals surface area contributed by atoms with Crippen LogP contribution in [-0.4, -0.2) is 50.9 Å². The number of para-hydroxylation sites is 1. The summed E-state index contributed by atoms with van der Waals surface area (Å²) in [7, 11) is 5.13. The summed E-state index contributed by atoms with van der Waals surface area (Å²) in [6, 6.07) is 11.3. The molecular weight excluding hydrogens is 711 g/mol. The fourth-order valence-corrected chi connectivity index (χ4v) is 6.57. The second-order valence-electron chi connectivity index (χ2n) is 6.20. The zero-order chi connectivity index (χ0) is 21.6. The number of hydrogen-bond donors (Lipinski definition) is 0. The number of carbonyl (C=O) groups is 2. The van der Waals surface area contributed by atoms with Crippen molar-refractivity contribution in [2.24, 2.45) is 4.99 Å². The van der Waals surface area contributed by atoms with Crippen molar-refractivity contribution in [3.8, 4) is 0 Å². The van der Waals surface area contributed by atoms with Gasteiger partial charge in [0.15, 0.2) is 0 Å². The second kappa shape index (κ2) is 11.4. The number of nitrogens with zero attached hydrogens (tertiary/aromatic N) is 3. The minimum absolute atomic E-state index is 0.111. The van der Waals surface area contributed by atoms with Gasteiger partial charge in [-0.1, -0.05) is 18.2 Å². The van der Waals surface area contributed by atoms with Crippen molar-refractivity contribution in [1.82, 2.24) is 4.90 Å². The van der Waals surface area contributed by atoms with E-state index in [1.165, 1.54) is 7.11 Å². The van der Waals surface area contributed by atoms with Gasteiger partial charge in [-0.2, -0.15) is 0 Å². The van der Waals surface area contributed by atoms with Crippen LogP contribution in [0.3, 0.4) is 0 Å². The average Bonchev–Trinajstić information content (AvgIpc) is 2.68. The SMILES string of the molecule is COC(=O)CCN(C(=O)c1c(I)cc(I)c(N=CN(C)C)c1I)c1ccccc1. The van der Waals surface area contributed by atoms with E-state index in [0.717, 1.165) is 22.1 Å². The van der Waals surface area contributed by atoms with E-state index in [9.17, 15) is 9.59 Å². The summed E-state index contributed by atoms with van der Waals surface area (Å²) < 4.78 is 7.33. The normalized spacial score (nSPS) is 10.8. The van der Waals surface area contributed by atoms with E-state index in [4.69, 9.17) is 4.74 Å². The molecule has 0 radical (unpaired) electrons. The maximum Gasteiger partial charge on any atom is 0.307 e. The lowest BCUT2D eigenvalue weighted by Gasteiger charge is -2.24. The number of methoxy groups -OCH3 is 1. The maximum absolute atomic E-state index is 13.6. The molecule has 0 spiro atoms. The molecule has 0 bridgehead atoms. The van der Waals surface area contributed by atoms with Crippen molar-refractivity contribution >= 4 is 97.4 Å². The van der Waals surface area contributed by atoms with Crippen molar-refractivity contribution in [1.29, 1.82) is 0 Å². The van der Waals surface area contributed by atoms with Crippen molar-refractivity contribution in [2.45, 2.75) is 6.42 Å². The lowest BCUT2D eigenvalue weighted by molar-refractivity contribution is -0.140. The predicted octanol–water partition coefficient (Wildman–Crippen LogP) is 4.93. The number of amides is 1. The molecule has 0 saturated heterocycles. The molecule has 2 aromatic rings. The lowest BCUT2D eigenvalue weighted by Crippen LogP contribution is -2.34. The highest BCUT2D eigenvalue weighted by molar-refractivity contribution is 14.1. The van der Waals surface area contributed by atoms with Crippen molar-refractivity contribution < 1.29 is 14.3 Å². The van der Waals surface area contributed by atoms with Gasteiger partial charge in [0.1, 0.15) is 0 Å². The van der Waals surface area contributed by atoms with E-state index >= 15 is 0 Å². The van der Waals surface area contributed by atoms with Gasteiger partial charge in [-0.3, -0.25) is 9.59 Å². The summed E-state index contributed by atoms with van der Waals surface area (Å²) in [6.07, 6.45) is 1.83. The van der Waals surface area contributed by atoms with Gasteiger partial charge in [0.05, 0.1) is 34.7 Å². The molecule has 0 atom stereocenters. The van der Waals surface area contributed by atoms with Crippen molar-refractivity contribution in [3.05, 3.63) is 52.7 Å². The van der Waals surface area contributed by atoms with Crippen molar-refractivity contribution in [2.75, 3.05) is 32.6 Å². The molecule has 2 aromatic carbocycles. The Labute approximate surface area is 211 Å². The van der Waals surface area contributed by atoms with E-state index in [1.54, 1.807) is 11.2 Å². The first-order valence-electron chi connectivity index (χ1n) is 8.58. The Bertz CT molecular complexity index is 918. The maximum atomic E-state index is 13.6. The highest BCUT2D eigenvalue weighted by atomic mass is 127. The number of hydrogen-bond acceptors (Lipinski definition) is 4. The van der Waals surface area contributed by atoms with E-state index < -0.39 is 0 Å². The first-order chi connectivity index (χ1) is 13.8. The van der Waals surface area contributed by atoms with E-state index in [2.05, 4.69) is 72.8 Å². The quantitative estimate of drug-likeness (QED) is 0.176. The lowest BCUT2D eigenvalue weighted by atomic mass is 10.1. The number of halogens is 3. The highest BCUT2D eigenvalue weighted by Crippen LogP contribution is 2.35. The predicted molar refractivity (Wildman–Crippen MR) is 141 cm³/mol. The van der Waals surface area contributed by atoms with Gasteiger partial charge >= 0.3 is 5.97 Å². The number of ether oxygens (including phenoxy) is 1. The third-order valence-corrected chi connectivity index (χ3v) is 6.58. The molecule has 2 rings (SSSR count). The smallest absolute Gasteiger partial charge is 0.307 e. The summed E-state index contributed by atoms with van der Waals surface area (Å²) in [6.45, 7) is 0.226. The van der Waals surface area contributed by atoms with E-state index in [0.29, 0.717) is 5.56 Å². The Balaban J connectivity index is 2.52. The van der Waals surface area contributed by atoms with Crippen LogP contribution in [0.2, 0.25) is 0 Å². The van der Waals surface area contributed by atoms with Gasteiger partial charge in [-0.25, -0.2) is 4.99 Å². The van der Waals surface area contributed by atoms with Crippen LogP contribution in [0, 0.1) is 10.7 Å². The fourth-order valence-electron chi connectivity index (χ4n) is 2.46. The number of anilines is 1. The number of carbonyl (C=O) groups excluding carboxylic acids is 2. The highest BCUT2D eigenvalue weighted by Gasteiger charge is 2.26. The van der Waals surface area contributed by atoms with Gasteiger partial charge in [-0.15, -0.1) is 0 Å². The van der Waals surface area contributed by atoms with Gasteiger partial charge in [0, 0.05) is 33.5 Å². The Kier molecular flexibility index (Phi) is 9.59. The molecule has 0 N–H and O–H groups in total. The molecular formula is C20H20I3N3O3. The van der Waals surface area contributed by atoms with Crippen LogP contribution in [0.15, 0.2) is 41.4 Å². The third-order valence-electron chi connectivity index (χ3n) is 3.86. The van der Waals surface area contributed by atoms with Gasteiger partial charge < -0.3 is 14.5 Å². The van der Waals surface area contributed by atoms with Gasteiger partial charge in [0.25, 0.3) is 5.91 Å². The number of esters is 1. The van der Waals surface area contributed by atoms with Crippen molar-refractivity contribution in [3.63, 3.8) is 0 Å². The van der Waals surface area contributed by atoms with Crippen LogP contribution < -0.4 is 4.90 Å². The van der Waals surface area contributed by atoms with Crippen LogP contribution in [0.5, 0.6) is 0 Å². The molecule has 0 aliphatic rings. The molecule has 0 unspecified atom stereocenters. The number of aliphatic imine (C=N–C) groups is 1. The molecule has 0 aromatic heterocycles. The summed E-state index contributed by atoms with van der Waals surface area (Å²) in [4.78, 5) is 33.3. The molecule has 1 amide bonds. The zero-order valence-corrected chi connectivity index (χ0v) is 22.6. The standard InChI is InChI=1S/C20H20I3N3O3/c1-25(2)12-24-19-15(22)11-14(21)17(18(19)23)20(28)26(10-9-16(27)29-3)13-7-5-4-6-8-13/h4-8,11-12H,9-10H2,1-3H3. The van der Waals surface area contributed by atoms with Gasteiger partial charge in [0.2, 0.25) is 0 Å². The van der Waals surface area contributed by atoms with Crippen LogP contribution in [0.4, 0.5) is 11.4 Å². The first kappa shape index (κ1) is 24.3. The summed E-state index contributed by atoms with van der Waals surface area (Å²) in [5.74, 6) is -0.534. The summed E-state index contributed by atoms with van der Waals surface area (Å²) in [5.41, 5.74) is 2.06.